The SMILES string of the molecule is CCN(CC)CCNC(=O)c1cncc(N)n1. The van der Waals surface area contributed by atoms with Gasteiger partial charge >= 0.3 is 0 Å². The fourth-order valence-corrected chi connectivity index (χ4v) is 1.45. The molecule has 1 aromatic heterocycles. The minimum Gasteiger partial charge on any atom is -0.382 e. The molecule has 1 heterocycles. The second-order valence-electron chi connectivity index (χ2n) is 3.61. The largest absolute Gasteiger partial charge is 0.382 e. The Morgan fingerprint density at radius 1 is 1.41 bits per heavy atom. The molecule has 0 saturated carbocycles. The lowest BCUT2D eigenvalue weighted by Gasteiger charge is -2.17. The van der Waals surface area contributed by atoms with Gasteiger partial charge in [-0.05, 0) is 13.1 Å². The topological polar surface area (TPSA) is 84.1 Å². The summed E-state index contributed by atoms with van der Waals surface area (Å²) in [6.45, 7) is 7.56. The van der Waals surface area contributed by atoms with Gasteiger partial charge in [0.2, 0.25) is 0 Å². The van der Waals surface area contributed by atoms with Crippen LogP contribution in [0.2, 0.25) is 0 Å². The Morgan fingerprint density at radius 3 is 2.71 bits per heavy atom. The van der Waals surface area contributed by atoms with Crippen LogP contribution < -0.4 is 11.1 Å². The van der Waals surface area contributed by atoms with Crippen LogP contribution in [0.25, 0.3) is 0 Å². The molecule has 0 atom stereocenters. The van der Waals surface area contributed by atoms with Gasteiger partial charge in [-0.25, -0.2) is 4.98 Å². The van der Waals surface area contributed by atoms with Crippen LogP contribution in [-0.4, -0.2) is 47.0 Å². The molecule has 0 aliphatic carbocycles. The Balaban J connectivity index is 2.40. The third-order valence-electron chi connectivity index (χ3n) is 2.49. The Morgan fingerprint density at radius 2 is 2.12 bits per heavy atom. The van der Waals surface area contributed by atoms with Gasteiger partial charge in [0.25, 0.3) is 5.91 Å². The summed E-state index contributed by atoms with van der Waals surface area (Å²) in [6, 6.07) is 0. The Hall–Kier alpha value is -1.69. The normalized spacial score (nSPS) is 10.5. The molecule has 1 aromatic rings. The first-order chi connectivity index (χ1) is 8.17. The average Bonchev–Trinajstić information content (AvgIpc) is 2.34. The number of rotatable bonds is 6. The number of aromatic nitrogens is 2. The van der Waals surface area contributed by atoms with Crippen LogP contribution in [0.3, 0.4) is 0 Å². The summed E-state index contributed by atoms with van der Waals surface area (Å²) in [7, 11) is 0. The van der Waals surface area contributed by atoms with Crippen molar-refractivity contribution in [3.8, 4) is 0 Å². The van der Waals surface area contributed by atoms with E-state index in [0.29, 0.717) is 6.54 Å². The van der Waals surface area contributed by atoms with Crippen molar-refractivity contribution in [3.63, 3.8) is 0 Å². The van der Waals surface area contributed by atoms with Gasteiger partial charge in [0.15, 0.2) is 0 Å². The monoisotopic (exact) mass is 237 g/mol. The Bertz CT molecular complexity index is 365. The molecule has 0 aromatic carbocycles. The zero-order valence-corrected chi connectivity index (χ0v) is 10.3. The lowest BCUT2D eigenvalue weighted by atomic mass is 10.4. The van der Waals surface area contributed by atoms with Crippen molar-refractivity contribution in [1.29, 1.82) is 0 Å². The summed E-state index contributed by atoms with van der Waals surface area (Å²) in [5, 5.41) is 2.79. The van der Waals surface area contributed by atoms with E-state index in [1.54, 1.807) is 0 Å². The molecule has 6 heteroatoms. The summed E-state index contributed by atoms with van der Waals surface area (Å²) in [4.78, 5) is 21.6. The van der Waals surface area contributed by atoms with E-state index in [2.05, 4.69) is 34.0 Å². The van der Waals surface area contributed by atoms with Crippen LogP contribution in [0.15, 0.2) is 12.4 Å². The lowest BCUT2D eigenvalue weighted by Crippen LogP contribution is -2.35. The number of nitrogens with one attached hydrogen (secondary N) is 1. The van der Waals surface area contributed by atoms with Gasteiger partial charge in [0.05, 0.1) is 12.4 Å². The van der Waals surface area contributed by atoms with Crippen LogP contribution >= 0.6 is 0 Å². The minimum absolute atomic E-state index is 0.239. The molecule has 0 bridgehead atoms. The predicted molar refractivity (Wildman–Crippen MR) is 66.6 cm³/mol. The van der Waals surface area contributed by atoms with E-state index >= 15 is 0 Å². The summed E-state index contributed by atoms with van der Waals surface area (Å²) in [6.07, 6.45) is 2.82. The van der Waals surface area contributed by atoms with E-state index in [4.69, 9.17) is 5.73 Å². The van der Waals surface area contributed by atoms with Crippen molar-refractivity contribution >= 4 is 11.7 Å². The van der Waals surface area contributed by atoms with Gasteiger partial charge in [-0.2, -0.15) is 0 Å². The number of nitrogens with zero attached hydrogens (tertiary/aromatic N) is 3. The van der Waals surface area contributed by atoms with Crippen LogP contribution in [0.4, 0.5) is 5.82 Å². The van der Waals surface area contributed by atoms with E-state index in [-0.39, 0.29) is 17.4 Å². The number of nitrogen functional groups attached to an aromatic ring is 1. The van der Waals surface area contributed by atoms with Gasteiger partial charge in [-0.3, -0.25) is 9.78 Å². The van der Waals surface area contributed by atoms with Gasteiger partial charge in [0.1, 0.15) is 11.5 Å². The fourth-order valence-electron chi connectivity index (χ4n) is 1.45. The Kier molecular flexibility index (Phi) is 5.35. The number of hydrogen-bond donors (Lipinski definition) is 2. The molecule has 0 fully saturated rings. The number of likely N-dealkylation sites (N-methyl/N-ethyl adjacent to an activating group) is 1. The number of hydrogen-bond acceptors (Lipinski definition) is 5. The highest BCUT2D eigenvalue weighted by atomic mass is 16.1. The molecule has 0 aliphatic heterocycles. The molecule has 0 radical (unpaired) electrons. The van der Waals surface area contributed by atoms with E-state index in [1.165, 1.54) is 12.4 Å². The molecule has 0 spiro atoms. The minimum atomic E-state index is -0.239. The quantitative estimate of drug-likeness (QED) is 0.734. The molecule has 6 nitrogen and oxygen atoms in total. The van der Waals surface area contributed by atoms with Gasteiger partial charge < -0.3 is 16.0 Å². The molecular weight excluding hydrogens is 218 g/mol. The Labute approximate surface area is 101 Å². The standard InChI is InChI=1S/C11H19N5O/c1-3-16(4-2)6-5-14-11(17)9-7-13-8-10(12)15-9/h7-8H,3-6H2,1-2H3,(H2,12,15)(H,14,17). The molecule has 3 N–H and O–H groups in total. The second-order valence-corrected chi connectivity index (χ2v) is 3.61. The molecule has 0 saturated heterocycles. The number of carbonyl (C=O) groups is 1. The van der Waals surface area contributed by atoms with E-state index < -0.39 is 0 Å². The third kappa shape index (κ3) is 4.36. The van der Waals surface area contributed by atoms with Crippen molar-refractivity contribution < 1.29 is 4.79 Å². The zero-order valence-electron chi connectivity index (χ0n) is 10.3. The summed E-state index contributed by atoms with van der Waals surface area (Å²) >= 11 is 0. The van der Waals surface area contributed by atoms with E-state index in [0.717, 1.165) is 19.6 Å². The highest BCUT2D eigenvalue weighted by molar-refractivity contribution is 5.92. The predicted octanol–water partition coefficient (Wildman–Crippen LogP) is 0.130. The number of anilines is 1. The van der Waals surface area contributed by atoms with Crippen molar-refractivity contribution in [2.24, 2.45) is 0 Å². The first-order valence-corrected chi connectivity index (χ1v) is 5.75. The van der Waals surface area contributed by atoms with Crippen LogP contribution in [0.5, 0.6) is 0 Å². The van der Waals surface area contributed by atoms with E-state index in [1.807, 2.05) is 0 Å². The molecule has 1 amide bonds. The zero-order chi connectivity index (χ0) is 12.7. The van der Waals surface area contributed by atoms with Crippen LogP contribution in [0.1, 0.15) is 24.3 Å². The van der Waals surface area contributed by atoms with Crippen molar-refractivity contribution in [2.75, 3.05) is 31.9 Å². The number of carbonyl (C=O) groups excluding carboxylic acids is 1. The fraction of sp³-hybridized carbons (Fsp3) is 0.545. The summed E-state index contributed by atoms with van der Waals surface area (Å²) < 4.78 is 0. The van der Waals surface area contributed by atoms with Crippen molar-refractivity contribution in [2.45, 2.75) is 13.8 Å². The number of nitrogens with two attached hydrogens (primary N) is 1. The summed E-state index contributed by atoms with van der Waals surface area (Å²) in [5.41, 5.74) is 5.71. The number of amides is 1. The summed E-state index contributed by atoms with van der Waals surface area (Å²) in [5.74, 6) is 0.0124. The van der Waals surface area contributed by atoms with Crippen molar-refractivity contribution in [1.82, 2.24) is 20.2 Å². The smallest absolute Gasteiger partial charge is 0.271 e. The second kappa shape index (κ2) is 6.80. The average molecular weight is 237 g/mol. The third-order valence-corrected chi connectivity index (χ3v) is 2.49. The van der Waals surface area contributed by atoms with E-state index in [9.17, 15) is 4.79 Å². The van der Waals surface area contributed by atoms with Crippen LogP contribution in [-0.2, 0) is 0 Å². The highest BCUT2D eigenvalue weighted by Crippen LogP contribution is 1.96. The first-order valence-electron chi connectivity index (χ1n) is 5.75. The molecule has 0 aliphatic rings. The van der Waals surface area contributed by atoms with Crippen LogP contribution in [0, 0.1) is 0 Å². The van der Waals surface area contributed by atoms with Gasteiger partial charge in [0, 0.05) is 13.1 Å². The lowest BCUT2D eigenvalue weighted by molar-refractivity contribution is 0.0943. The maximum absolute atomic E-state index is 11.7. The van der Waals surface area contributed by atoms with Gasteiger partial charge in [-0.1, -0.05) is 13.8 Å². The molecule has 94 valence electrons. The molecule has 17 heavy (non-hydrogen) atoms. The first kappa shape index (κ1) is 13.4. The maximum atomic E-state index is 11.7. The molecule has 0 unspecified atom stereocenters. The van der Waals surface area contributed by atoms with Gasteiger partial charge in [-0.15, -0.1) is 0 Å². The van der Waals surface area contributed by atoms with Crippen molar-refractivity contribution in [3.05, 3.63) is 18.1 Å². The highest BCUT2D eigenvalue weighted by Gasteiger charge is 2.07. The maximum Gasteiger partial charge on any atom is 0.271 e. The molecular formula is C11H19N5O. The molecule has 1 rings (SSSR count).